The molecule has 1 rings (SSSR count). The summed E-state index contributed by atoms with van der Waals surface area (Å²) in [4.78, 5) is 2.50. The average molecular weight is 185 g/mol. The van der Waals surface area contributed by atoms with Crippen molar-refractivity contribution in [1.29, 1.82) is 0 Å². The van der Waals surface area contributed by atoms with E-state index in [0.29, 0.717) is 6.10 Å². The third-order valence-electron chi connectivity index (χ3n) is 2.83. The lowest BCUT2D eigenvalue weighted by Gasteiger charge is -2.30. The number of hydrogen-bond acceptors (Lipinski definition) is 2. The molecule has 78 valence electrons. The van der Waals surface area contributed by atoms with Gasteiger partial charge >= 0.3 is 0 Å². The van der Waals surface area contributed by atoms with Crippen LogP contribution < -0.4 is 0 Å². The van der Waals surface area contributed by atoms with E-state index in [2.05, 4.69) is 18.7 Å². The van der Waals surface area contributed by atoms with E-state index in [9.17, 15) is 0 Å². The molecule has 1 heterocycles. The number of piperidine rings is 1. The summed E-state index contributed by atoms with van der Waals surface area (Å²) in [5.74, 6) is 0. The van der Waals surface area contributed by atoms with E-state index in [0.717, 1.165) is 6.61 Å². The summed E-state index contributed by atoms with van der Waals surface area (Å²) in [7, 11) is 0. The van der Waals surface area contributed by atoms with Crippen molar-refractivity contribution in [2.45, 2.75) is 45.6 Å². The zero-order valence-electron chi connectivity index (χ0n) is 9.09. The second-order valence-electron chi connectivity index (χ2n) is 3.86. The molecule has 0 bridgehead atoms. The molecule has 0 saturated carbocycles. The van der Waals surface area contributed by atoms with Gasteiger partial charge in [-0.1, -0.05) is 20.3 Å². The lowest BCUT2D eigenvalue weighted by atomic mass is 10.1. The Labute approximate surface area is 82.3 Å². The highest BCUT2D eigenvalue weighted by atomic mass is 16.5. The highest BCUT2D eigenvalue weighted by Crippen LogP contribution is 2.13. The third-order valence-corrected chi connectivity index (χ3v) is 2.83. The minimum absolute atomic E-state index is 0.550. The number of hydrogen-bond donors (Lipinski definition) is 0. The molecule has 2 nitrogen and oxygen atoms in total. The van der Waals surface area contributed by atoms with Gasteiger partial charge in [0.05, 0.1) is 6.10 Å². The molecule has 0 spiro atoms. The topological polar surface area (TPSA) is 12.5 Å². The molecule has 0 aromatic heterocycles. The second-order valence-corrected chi connectivity index (χ2v) is 3.86. The standard InChI is InChI=1S/C11H23NO/c1-3-5-10-13-11-6-8-12(4-2)9-7-11/h11H,3-10H2,1-2H3. The van der Waals surface area contributed by atoms with Crippen molar-refractivity contribution in [3.05, 3.63) is 0 Å². The lowest BCUT2D eigenvalue weighted by Crippen LogP contribution is -2.36. The van der Waals surface area contributed by atoms with Crippen LogP contribution in [0, 0.1) is 0 Å². The fraction of sp³-hybridized carbons (Fsp3) is 1.00. The van der Waals surface area contributed by atoms with Gasteiger partial charge < -0.3 is 9.64 Å². The quantitative estimate of drug-likeness (QED) is 0.609. The van der Waals surface area contributed by atoms with Gasteiger partial charge in [-0.2, -0.15) is 0 Å². The number of unbranched alkanes of at least 4 members (excludes halogenated alkanes) is 1. The minimum Gasteiger partial charge on any atom is -0.378 e. The Balaban J connectivity index is 2.03. The molecule has 0 amide bonds. The lowest BCUT2D eigenvalue weighted by molar-refractivity contribution is 0.00744. The van der Waals surface area contributed by atoms with Crippen LogP contribution in [0.3, 0.4) is 0 Å². The normalized spacial score (nSPS) is 20.8. The predicted molar refractivity (Wildman–Crippen MR) is 56.0 cm³/mol. The van der Waals surface area contributed by atoms with Gasteiger partial charge in [-0.25, -0.2) is 0 Å². The van der Waals surface area contributed by atoms with E-state index in [-0.39, 0.29) is 0 Å². The summed E-state index contributed by atoms with van der Waals surface area (Å²) >= 11 is 0. The Bertz CT molecular complexity index is 117. The number of rotatable bonds is 5. The Kier molecular flexibility index (Phi) is 5.40. The van der Waals surface area contributed by atoms with E-state index >= 15 is 0 Å². The average Bonchev–Trinajstić information content (AvgIpc) is 2.19. The monoisotopic (exact) mass is 185 g/mol. The fourth-order valence-corrected chi connectivity index (χ4v) is 1.79. The molecule has 1 fully saturated rings. The van der Waals surface area contributed by atoms with Gasteiger partial charge in [0.1, 0.15) is 0 Å². The van der Waals surface area contributed by atoms with Crippen molar-refractivity contribution in [2.75, 3.05) is 26.2 Å². The van der Waals surface area contributed by atoms with E-state index in [1.807, 2.05) is 0 Å². The SMILES string of the molecule is CCCCOC1CCN(CC)CC1. The number of likely N-dealkylation sites (tertiary alicyclic amines) is 1. The molecule has 1 saturated heterocycles. The summed E-state index contributed by atoms with van der Waals surface area (Å²) in [6.45, 7) is 9.07. The summed E-state index contributed by atoms with van der Waals surface area (Å²) < 4.78 is 5.79. The first-order valence-corrected chi connectivity index (χ1v) is 5.70. The van der Waals surface area contributed by atoms with Gasteiger partial charge in [0.25, 0.3) is 0 Å². The van der Waals surface area contributed by atoms with Gasteiger partial charge in [-0.15, -0.1) is 0 Å². The molecule has 0 aromatic rings. The molecule has 0 unspecified atom stereocenters. The summed E-state index contributed by atoms with van der Waals surface area (Å²) in [6, 6.07) is 0. The molecule has 1 aliphatic heterocycles. The van der Waals surface area contributed by atoms with Crippen molar-refractivity contribution in [1.82, 2.24) is 4.90 Å². The first kappa shape index (κ1) is 11.0. The summed E-state index contributed by atoms with van der Waals surface area (Å²) in [5, 5.41) is 0. The Morgan fingerprint density at radius 3 is 2.46 bits per heavy atom. The van der Waals surface area contributed by atoms with Crippen molar-refractivity contribution >= 4 is 0 Å². The van der Waals surface area contributed by atoms with Crippen LogP contribution in [0.4, 0.5) is 0 Å². The van der Waals surface area contributed by atoms with E-state index in [1.54, 1.807) is 0 Å². The number of nitrogens with zero attached hydrogens (tertiary/aromatic N) is 1. The zero-order chi connectivity index (χ0) is 9.52. The van der Waals surface area contributed by atoms with Gasteiger partial charge in [0.15, 0.2) is 0 Å². The third kappa shape index (κ3) is 4.10. The second kappa shape index (κ2) is 6.39. The largest absolute Gasteiger partial charge is 0.378 e. The first-order chi connectivity index (χ1) is 6.36. The van der Waals surface area contributed by atoms with Crippen molar-refractivity contribution in [3.8, 4) is 0 Å². The maximum atomic E-state index is 5.79. The number of ether oxygens (including phenoxy) is 1. The van der Waals surface area contributed by atoms with Gasteiger partial charge in [-0.3, -0.25) is 0 Å². The van der Waals surface area contributed by atoms with Crippen molar-refractivity contribution in [3.63, 3.8) is 0 Å². The van der Waals surface area contributed by atoms with Crippen LogP contribution in [-0.4, -0.2) is 37.2 Å². The molecule has 0 atom stereocenters. The molecule has 0 aromatic carbocycles. The molecule has 0 radical (unpaired) electrons. The molecular weight excluding hydrogens is 162 g/mol. The molecule has 1 aliphatic rings. The predicted octanol–water partition coefficient (Wildman–Crippen LogP) is 2.29. The van der Waals surface area contributed by atoms with Crippen molar-refractivity contribution < 1.29 is 4.74 Å². The maximum absolute atomic E-state index is 5.79. The Hall–Kier alpha value is -0.0800. The highest BCUT2D eigenvalue weighted by molar-refractivity contribution is 4.71. The first-order valence-electron chi connectivity index (χ1n) is 5.70. The van der Waals surface area contributed by atoms with E-state index in [1.165, 1.54) is 45.3 Å². The molecule has 13 heavy (non-hydrogen) atoms. The van der Waals surface area contributed by atoms with Crippen LogP contribution in [0.2, 0.25) is 0 Å². The Morgan fingerprint density at radius 2 is 1.92 bits per heavy atom. The molecule has 2 heteroatoms. The highest BCUT2D eigenvalue weighted by Gasteiger charge is 2.17. The van der Waals surface area contributed by atoms with E-state index in [4.69, 9.17) is 4.74 Å². The molecule has 0 aliphatic carbocycles. The summed E-state index contributed by atoms with van der Waals surface area (Å²) in [6.07, 6.45) is 5.48. The summed E-state index contributed by atoms with van der Waals surface area (Å²) in [5.41, 5.74) is 0. The van der Waals surface area contributed by atoms with Crippen LogP contribution in [-0.2, 0) is 4.74 Å². The van der Waals surface area contributed by atoms with Crippen LogP contribution in [0.1, 0.15) is 39.5 Å². The maximum Gasteiger partial charge on any atom is 0.0599 e. The van der Waals surface area contributed by atoms with E-state index < -0.39 is 0 Å². The van der Waals surface area contributed by atoms with Crippen LogP contribution in [0.15, 0.2) is 0 Å². The smallest absolute Gasteiger partial charge is 0.0599 e. The molecule has 0 N–H and O–H groups in total. The fourth-order valence-electron chi connectivity index (χ4n) is 1.79. The van der Waals surface area contributed by atoms with Crippen LogP contribution >= 0.6 is 0 Å². The zero-order valence-corrected chi connectivity index (χ0v) is 9.09. The Morgan fingerprint density at radius 1 is 1.23 bits per heavy atom. The minimum atomic E-state index is 0.550. The van der Waals surface area contributed by atoms with Crippen LogP contribution in [0.25, 0.3) is 0 Å². The van der Waals surface area contributed by atoms with Crippen LogP contribution in [0.5, 0.6) is 0 Å². The van der Waals surface area contributed by atoms with Gasteiger partial charge in [-0.05, 0) is 25.8 Å². The van der Waals surface area contributed by atoms with Gasteiger partial charge in [0, 0.05) is 19.7 Å². The van der Waals surface area contributed by atoms with Crippen molar-refractivity contribution in [2.24, 2.45) is 0 Å². The van der Waals surface area contributed by atoms with Gasteiger partial charge in [0.2, 0.25) is 0 Å². The molecular formula is C11H23NO.